The van der Waals surface area contributed by atoms with Crippen LogP contribution in [0.4, 0.5) is 4.39 Å². The van der Waals surface area contributed by atoms with E-state index in [4.69, 9.17) is 4.74 Å². The van der Waals surface area contributed by atoms with E-state index in [2.05, 4.69) is 13.8 Å². The summed E-state index contributed by atoms with van der Waals surface area (Å²) in [5, 5.41) is 10.4. The third kappa shape index (κ3) is 2.56. The number of ether oxygens (including phenoxy) is 1. The molecule has 1 aromatic carbocycles. The molecule has 1 aromatic rings. The summed E-state index contributed by atoms with van der Waals surface area (Å²) < 4.78 is 19.6. The van der Waals surface area contributed by atoms with Gasteiger partial charge >= 0.3 is 0 Å². The van der Waals surface area contributed by atoms with Crippen molar-refractivity contribution < 1.29 is 14.2 Å². The zero-order valence-electron chi connectivity index (χ0n) is 12.3. The fourth-order valence-electron chi connectivity index (χ4n) is 3.62. The lowest BCUT2D eigenvalue weighted by molar-refractivity contribution is -0.0262. The number of hydrogen-bond acceptors (Lipinski definition) is 2. The Hall–Kier alpha value is -1.09. The van der Waals surface area contributed by atoms with Crippen molar-refractivity contribution in [1.29, 1.82) is 0 Å². The number of halogens is 1. The second-order valence-corrected chi connectivity index (χ2v) is 7.20. The minimum Gasteiger partial charge on any atom is -0.487 e. The average Bonchev–Trinajstić information content (AvgIpc) is 2.49. The Labute approximate surface area is 120 Å². The summed E-state index contributed by atoms with van der Waals surface area (Å²) in [5.41, 5.74) is 0.745. The third-order valence-electron chi connectivity index (χ3n) is 4.97. The first kappa shape index (κ1) is 13.9. The number of fused-ring (bicyclic) bond motifs is 1. The fourth-order valence-corrected chi connectivity index (χ4v) is 3.62. The zero-order valence-corrected chi connectivity index (χ0v) is 12.3. The van der Waals surface area contributed by atoms with Gasteiger partial charge in [-0.2, -0.15) is 0 Å². The van der Waals surface area contributed by atoms with E-state index in [1.165, 1.54) is 18.6 Å². The Morgan fingerprint density at radius 1 is 1.20 bits per heavy atom. The van der Waals surface area contributed by atoms with Gasteiger partial charge in [-0.05, 0) is 49.7 Å². The molecular weight excluding hydrogens is 255 g/mol. The minimum absolute atomic E-state index is 0.304. The molecule has 0 saturated heterocycles. The fraction of sp³-hybridized carbons (Fsp3) is 0.647. The molecule has 0 aromatic heterocycles. The van der Waals surface area contributed by atoms with E-state index in [0.717, 1.165) is 31.2 Å². The maximum Gasteiger partial charge on any atom is 0.128 e. The van der Waals surface area contributed by atoms with Crippen molar-refractivity contribution in [3.05, 3.63) is 29.6 Å². The number of aliphatic hydroxyl groups excluding tert-OH is 1. The van der Waals surface area contributed by atoms with Gasteiger partial charge < -0.3 is 9.84 Å². The quantitative estimate of drug-likeness (QED) is 0.763. The van der Waals surface area contributed by atoms with Gasteiger partial charge in [-0.25, -0.2) is 4.39 Å². The molecule has 0 amide bonds. The Kier molecular flexibility index (Phi) is 3.28. The molecule has 1 spiro atoms. The van der Waals surface area contributed by atoms with Gasteiger partial charge in [0.15, 0.2) is 0 Å². The van der Waals surface area contributed by atoms with Crippen LogP contribution in [0.25, 0.3) is 0 Å². The highest BCUT2D eigenvalue weighted by Crippen LogP contribution is 2.48. The highest BCUT2D eigenvalue weighted by molar-refractivity contribution is 5.38. The van der Waals surface area contributed by atoms with E-state index >= 15 is 0 Å². The number of aliphatic hydroxyl groups is 1. The van der Waals surface area contributed by atoms with Crippen molar-refractivity contribution in [2.75, 3.05) is 0 Å². The summed E-state index contributed by atoms with van der Waals surface area (Å²) in [4.78, 5) is 0. The van der Waals surface area contributed by atoms with Gasteiger partial charge in [0.25, 0.3) is 0 Å². The number of rotatable bonds is 0. The molecule has 1 heterocycles. The first-order chi connectivity index (χ1) is 9.39. The molecule has 1 aliphatic heterocycles. The standard InChI is InChI=1S/C17H23FO2/c1-16(2)6-3-7-17(9-8-16)11-14(19)13-5-4-12(18)10-15(13)20-17/h4-5,10,14,19H,3,6-9,11H2,1-2H3. The van der Waals surface area contributed by atoms with Crippen LogP contribution in [-0.2, 0) is 0 Å². The molecular formula is C17H23FO2. The molecule has 2 aliphatic rings. The van der Waals surface area contributed by atoms with Crippen LogP contribution >= 0.6 is 0 Å². The molecule has 1 saturated carbocycles. The summed E-state index contributed by atoms with van der Waals surface area (Å²) in [6, 6.07) is 4.44. The van der Waals surface area contributed by atoms with Gasteiger partial charge in [0.1, 0.15) is 17.2 Å². The topological polar surface area (TPSA) is 29.5 Å². The Bertz CT molecular complexity index is 512. The third-order valence-corrected chi connectivity index (χ3v) is 4.97. The van der Waals surface area contributed by atoms with E-state index < -0.39 is 6.10 Å². The maximum absolute atomic E-state index is 13.4. The molecule has 0 bridgehead atoms. The highest BCUT2D eigenvalue weighted by Gasteiger charge is 2.43. The Balaban J connectivity index is 1.90. The summed E-state index contributed by atoms with van der Waals surface area (Å²) in [6.45, 7) is 4.58. The summed E-state index contributed by atoms with van der Waals surface area (Å²) in [5.74, 6) is 0.227. The molecule has 2 atom stereocenters. The summed E-state index contributed by atoms with van der Waals surface area (Å²) in [6.07, 6.45) is 5.34. The highest BCUT2D eigenvalue weighted by atomic mass is 19.1. The predicted octanol–water partition coefficient (Wildman–Crippen LogP) is 4.37. The SMILES string of the molecule is CC1(C)CCCC2(CC1)CC(O)c1ccc(F)cc1O2. The summed E-state index contributed by atoms with van der Waals surface area (Å²) in [7, 11) is 0. The number of hydrogen-bond donors (Lipinski definition) is 1. The van der Waals surface area contributed by atoms with Crippen molar-refractivity contribution in [3.8, 4) is 5.75 Å². The van der Waals surface area contributed by atoms with Gasteiger partial charge in [-0.15, -0.1) is 0 Å². The van der Waals surface area contributed by atoms with Crippen LogP contribution in [0, 0.1) is 11.2 Å². The van der Waals surface area contributed by atoms with Crippen molar-refractivity contribution in [3.63, 3.8) is 0 Å². The van der Waals surface area contributed by atoms with E-state index in [-0.39, 0.29) is 11.4 Å². The van der Waals surface area contributed by atoms with Gasteiger partial charge in [-0.3, -0.25) is 0 Å². The average molecular weight is 278 g/mol. The first-order valence-corrected chi connectivity index (χ1v) is 7.56. The molecule has 110 valence electrons. The van der Waals surface area contributed by atoms with Gasteiger partial charge in [0, 0.05) is 18.1 Å². The molecule has 20 heavy (non-hydrogen) atoms. The Morgan fingerprint density at radius 3 is 2.80 bits per heavy atom. The smallest absolute Gasteiger partial charge is 0.128 e. The van der Waals surface area contributed by atoms with Crippen molar-refractivity contribution in [1.82, 2.24) is 0 Å². The second kappa shape index (κ2) is 4.73. The van der Waals surface area contributed by atoms with Crippen LogP contribution in [-0.4, -0.2) is 10.7 Å². The van der Waals surface area contributed by atoms with Crippen molar-refractivity contribution in [2.45, 2.75) is 64.1 Å². The lowest BCUT2D eigenvalue weighted by Crippen LogP contribution is -2.41. The molecule has 3 heteroatoms. The second-order valence-electron chi connectivity index (χ2n) is 7.20. The lowest BCUT2D eigenvalue weighted by Gasteiger charge is -2.40. The van der Waals surface area contributed by atoms with E-state index in [9.17, 15) is 9.50 Å². The van der Waals surface area contributed by atoms with E-state index in [1.807, 2.05) is 0 Å². The van der Waals surface area contributed by atoms with Gasteiger partial charge in [0.2, 0.25) is 0 Å². The molecule has 3 rings (SSSR count). The number of benzene rings is 1. The lowest BCUT2D eigenvalue weighted by atomic mass is 9.81. The van der Waals surface area contributed by atoms with Gasteiger partial charge in [0.05, 0.1) is 6.10 Å². The van der Waals surface area contributed by atoms with Crippen molar-refractivity contribution in [2.24, 2.45) is 5.41 Å². The largest absolute Gasteiger partial charge is 0.487 e. The normalized spacial score (nSPS) is 32.3. The van der Waals surface area contributed by atoms with Crippen LogP contribution in [0.15, 0.2) is 18.2 Å². The molecule has 1 N–H and O–H groups in total. The van der Waals surface area contributed by atoms with Crippen LogP contribution in [0.3, 0.4) is 0 Å². The predicted molar refractivity (Wildman–Crippen MR) is 76.2 cm³/mol. The van der Waals surface area contributed by atoms with E-state index in [0.29, 0.717) is 17.6 Å². The molecule has 1 fully saturated rings. The molecule has 1 aliphatic carbocycles. The van der Waals surface area contributed by atoms with Gasteiger partial charge in [-0.1, -0.05) is 13.8 Å². The van der Waals surface area contributed by atoms with Crippen LogP contribution in [0.1, 0.15) is 64.0 Å². The van der Waals surface area contributed by atoms with Crippen LogP contribution < -0.4 is 4.74 Å². The molecule has 2 nitrogen and oxygen atoms in total. The van der Waals surface area contributed by atoms with Crippen LogP contribution in [0.5, 0.6) is 5.75 Å². The maximum atomic E-state index is 13.4. The van der Waals surface area contributed by atoms with E-state index in [1.54, 1.807) is 6.07 Å². The summed E-state index contributed by atoms with van der Waals surface area (Å²) >= 11 is 0. The Morgan fingerprint density at radius 2 is 2.00 bits per heavy atom. The zero-order chi connectivity index (χ0) is 14.4. The molecule has 0 radical (unpaired) electrons. The first-order valence-electron chi connectivity index (χ1n) is 7.56. The minimum atomic E-state index is -0.541. The van der Waals surface area contributed by atoms with Crippen LogP contribution in [0.2, 0.25) is 0 Å². The van der Waals surface area contributed by atoms with Crippen molar-refractivity contribution >= 4 is 0 Å². The molecule has 2 unspecified atom stereocenters. The monoisotopic (exact) mass is 278 g/mol.